The van der Waals surface area contributed by atoms with Crippen molar-refractivity contribution in [2.45, 2.75) is 25.9 Å². The molecule has 2 N–H and O–H groups in total. The van der Waals surface area contributed by atoms with Gasteiger partial charge in [0.25, 0.3) is 5.91 Å². The number of ether oxygens (including phenoxy) is 2. The van der Waals surface area contributed by atoms with Gasteiger partial charge in [-0.3, -0.25) is 10.0 Å². The summed E-state index contributed by atoms with van der Waals surface area (Å²) in [4.78, 5) is 26.8. The number of piperidine rings is 1. The van der Waals surface area contributed by atoms with Gasteiger partial charge in [-0.05, 0) is 36.0 Å². The van der Waals surface area contributed by atoms with Crippen molar-refractivity contribution in [1.29, 1.82) is 0 Å². The zero-order chi connectivity index (χ0) is 25.9. The molecule has 0 atom stereocenters. The van der Waals surface area contributed by atoms with Gasteiger partial charge in [-0.15, -0.1) is 0 Å². The van der Waals surface area contributed by atoms with Gasteiger partial charge >= 0.3 is 6.09 Å². The molecule has 4 rings (SSSR count). The number of hydroxylamine groups is 1. The second-order valence-corrected chi connectivity index (χ2v) is 10.4. The fraction of sp³-hybridized carbons (Fsp3) is 0.429. The molecule has 37 heavy (non-hydrogen) atoms. The number of amides is 2. The summed E-state index contributed by atoms with van der Waals surface area (Å²) in [5.41, 5.74) is 4.79. The highest BCUT2D eigenvalue weighted by Gasteiger charge is 2.43. The van der Waals surface area contributed by atoms with Crippen LogP contribution in [0.1, 0.15) is 30.4 Å². The van der Waals surface area contributed by atoms with Crippen molar-refractivity contribution in [3.05, 3.63) is 77.9 Å². The first-order chi connectivity index (χ1) is 18.1. The number of carbonyl (C=O) groups excluding carboxylic acids is 2. The maximum absolute atomic E-state index is 12.7. The standard InChI is InChI=1S/C28H35N3O5S/c32-26(29-34)28(22-37-31-15-11-25(12-16-31)24-9-5-2-6-10-24)13-17-30(18-14-28)27(33)36-20-19-35-21-23-7-3-1-4-8-23/h1-11,34H,12-22H2,(H,29,32). The highest BCUT2D eigenvalue weighted by atomic mass is 32.2. The smallest absolute Gasteiger partial charge is 0.409 e. The van der Waals surface area contributed by atoms with Crippen LogP contribution in [0.25, 0.3) is 5.57 Å². The predicted molar refractivity (Wildman–Crippen MR) is 144 cm³/mol. The van der Waals surface area contributed by atoms with E-state index in [-0.39, 0.29) is 12.5 Å². The highest BCUT2D eigenvalue weighted by Crippen LogP contribution is 2.37. The van der Waals surface area contributed by atoms with Crippen LogP contribution in [0.4, 0.5) is 4.79 Å². The van der Waals surface area contributed by atoms with Crippen molar-refractivity contribution in [3.63, 3.8) is 0 Å². The number of nitrogens with one attached hydrogen (secondary N) is 1. The number of rotatable bonds is 10. The molecule has 0 aromatic heterocycles. The minimum absolute atomic E-state index is 0.174. The monoisotopic (exact) mass is 525 g/mol. The predicted octanol–water partition coefficient (Wildman–Crippen LogP) is 4.36. The molecule has 0 spiro atoms. The van der Waals surface area contributed by atoms with Gasteiger partial charge in [-0.1, -0.05) is 78.7 Å². The molecule has 2 heterocycles. The first-order valence-corrected chi connectivity index (χ1v) is 13.6. The Balaban J connectivity index is 1.20. The number of likely N-dealkylation sites (tertiary alicyclic amines) is 1. The Morgan fingerprint density at radius 2 is 1.68 bits per heavy atom. The van der Waals surface area contributed by atoms with E-state index in [0.29, 0.717) is 44.9 Å². The Kier molecular flexibility index (Phi) is 10.0. The van der Waals surface area contributed by atoms with Crippen molar-refractivity contribution in [2.24, 2.45) is 5.41 Å². The van der Waals surface area contributed by atoms with E-state index in [1.807, 2.05) is 41.9 Å². The fourth-order valence-electron chi connectivity index (χ4n) is 4.61. The summed E-state index contributed by atoms with van der Waals surface area (Å²) in [6, 6.07) is 20.2. The summed E-state index contributed by atoms with van der Waals surface area (Å²) in [5.74, 6) is 0.157. The van der Waals surface area contributed by atoms with Crippen molar-refractivity contribution < 1.29 is 24.3 Å². The number of hydrogen-bond donors (Lipinski definition) is 2. The second-order valence-electron chi connectivity index (χ2n) is 9.37. The van der Waals surface area contributed by atoms with Crippen LogP contribution in [0.3, 0.4) is 0 Å². The average Bonchev–Trinajstić information content (AvgIpc) is 2.97. The van der Waals surface area contributed by atoms with Gasteiger partial charge in [0.05, 0.1) is 18.6 Å². The van der Waals surface area contributed by atoms with Crippen LogP contribution in [-0.4, -0.2) is 71.6 Å². The third-order valence-electron chi connectivity index (χ3n) is 6.97. The Labute approximate surface area is 222 Å². The quantitative estimate of drug-likeness (QED) is 0.206. The summed E-state index contributed by atoms with van der Waals surface area (Å²) in [6.07, 6.45) is 3.72. The topological polar surface area (TPSA) is 91.3 Å². The van der Waals surface area contributed by atoms with E-state index in [9.17, 15) is 14.8 Å². The Morgan fingerprint density at radius 1 is 0.973 bits per heavy atom. The first kappa shape index (κ1) is 27.2. The summed E-state index contributed by atoms with van der Waals surface area (Å²) in [6.45, 7) is 3.46. The van der Waals surface area contributed by atoms with E-state index in [1.54, 1.807) is 16.8 Å². The lowest BCUT2D eigenvalue weighted by molar-refractivity contribution is -0.141. The molecule has 1 saturated heterocycles. The lowest BCUT2D eigenvalue weighted by Crippen LogP contribution is -2.51. The van der Waals surface area contributed by atoms with Gasteiger partial charge in [0.2, 0.25) is 0 Å². The maximum atomic E-state index is 12.7. The third kappa shape index (κ3) is 7.58. The third-order valence-corrected chi connectivity index (χ3v) is 8.35. The number of nitrogens with zero attached hydrogens (tertiary/aromatic N) is 2. The zero-order valence-corrected chi connectivity index (χ0v) is 21.8. The van der Waals surface area contributed by atoms with E-state index >= 15 is 0 Å². The van der Waals surface area contributed by atoms with E-state index in [2.05, 4.69) is 34.6 Å². The number of hydrogen-bond acceptors (Lipinski definition) is 7. The molecule has 2 aliphatic heterocycles. The molecule has 9 heteroatoms. The molecule has 2 aromatic rings. The molecule has 0 saturated carbocycles. The minimum Gasteiger partial charge on any atom is -0.447 e. The van der Waals surface area contributed by atoms with Gasteiger partial charge in [0.1, 0.15) is 6.61 Å². The van der Waals surface area contributed by atoms with Crippen molar-refractivity contribution in [2.75, 3.05) is 45.1 Å². The van der Waals surface area contributed by atoms with Crippen LogP contribution in [-0.2, 0) is 20.9 Å². The van der Waals surface area contributed by atoms with E-state index in [0.717, 1.165) is 25.1 Å². The minimum atomic E-state index is -0.738. The van der Waals surface area contributed by atoms with Gasteiger partial charge in [0.15, 0.2) is 0 Å². The molecule has 1 fully saturated rings. The van der Waals surface area contributed by atoms with Crippen LogP contribution in [0.5, 0.6) is 0 Å². The molecule has 198 valence electrons. The zero-order valence-electron chi connectivity index (χ0n) is 21.0. The molecule has 2 aliphatic rings. The maximum Gasteiger partial charge on any atom is 0.409 e. The van der Waals surface area contributed by atoms with E-state index in [4.69, 9.17) is 9.47 Å². The summed E-state index contributed by atoms with van der Waals surface area (Å²) < 4.78 is 13.2. The van der Waals surface area contributed by atoms with Crippen molar-refractivity contribution >= 4 is 29.5 Å². The van der Waals surface area contributed by atoms with Crippen LogP contribution in [0, 0.1) is 5.41 Å². The molecule has 0 bridgehead atoms. The van der Waals surface area contributed by atoms with Gasteiger partial charge in [-0.25, -0.2) is 14.6 Å². The Bertz CT molecular complexity index is 1040. The SMILES string of the molecule is O=C(OCCOCc1ccccc1)N1CCC(CSN2CC=C(c3ccccc3)CC2)(C(=O)NO)CC1. The lowest BCUT2D eigenvalue weighted by Gasteiger charge is -2.40. The molecule has 2 aromatic carbocycles. The molecular formula is C28H35N3O5S. The van der Waals surface area contributed by atoms with Crippen LogP contribution in [0.2, 0.25) is 0 Å². The van der Waals surface area contributed by atoms with Gasteiger partial charge < -0.3 is 14.4 Å². The van der Waals surface area contributed by atoms with Gasteiger partial charge in [0, 0.05) is 31.9 Å². The Morgan fingerprint density at radius 3 is 2.32 bits per heavy atom. The summed E-state index contributed by atoms with van der Waals surface area (Å²) in [5, 5.41) is 9.42. The van der Waals surface area contributed by atoms with Crippen LogP contribution < -0.4 is 5.48 Å². The fourth-order valence-corrected chi connectivity index (χ4v) is 5.86. The number of benzene rings is 2. The molecule has 0 radical (unpaired) electrons. The van der Waals surface area contributed by atoms with Gasteiger partial charge in [-0.2, -0.15) is 0 Å². The van der Waals surface area contributed by atoms with E-state index in [1.165, 1.54) is 11.1 Å². The summed E-state index contributed by atoms with van der Waals surface area (Å²) in [7, 11) is 0. The molecule has 0 aliphatic carbocycles. The lowest BCUT2D eigenvalue weighted by atomic mass is 9.79. The first-order valence-electron chi connectivity index (χ1n) is 12.7. The van der Waals surface area contributed by atoms with Crippen molar-refractivity contribution in [3.8, 4) is 0 Å². The van der Waals surface area contributed by atoms with E-state index < -0.39 is 11.5 Å². The average molecular weight is 526 g/mol. The largest absolute Gasteiger partial charge is 0.447 e. The molecular weight excluding hydrogens is 490 g/mol. The molecule has 0 unspecified atom stereocenters. The molecule has 2 amide bonds. The van der Waals surface area contributed by atoms with Crippen LogP contribution >= 0.6 is 11.9 Å². The highest BCUT2D eigenvalue weighted by molar-refractivity contribution is 7.97. The second kappa shape index (κ2) is 13.6. The normalized spacial score (nSPS) is 17.6. The number of carbonyl (C=O) groups is 2. The summed E-state index contributed by atoms with van der Waals surface area (Å²) >= 11 is 1.64. The van der Waals surface area contributed by atoms with Crippen LogP contribution in [0.15, 0.2) is 66.7 Å². The van der Waals surface area contributed by atoms with Crippen molar-refractivity contribution in [1.82, 2.24) is 14.7 Å². The molecule has 8 nitrogen and oxygen atoms in total. The Hall–Kier alpha value is -2.85.